The molecule has 6 nitrogen and oxygen atoms in total. The van der Waals surface area contributed by atoms with E-state index in [0.717, 1.165) is 22.8 Å². The standard InChI is InChI=1S/C19H17N5O/c1-13-10-18(23-16-8-3-4-9-17(16)25-2)24-19(21-13)22-15-7-5-6-14(11-15)12-20/h3-11H,1-2H3,(H2,21,22,23,24). The van der Waals surface area contributed by atoms with Crippen LogP contribution in [0.25, 0.3) is 0 Å². The minimum absolute atomic E-state index is 0.451. The maximum Gasteiger partial charge on any atom is 0.229 e. The predicted molar refractivity (Wildman–Crippen MR) is 97.5 cm³/mol. The van der Waals surface area contributed by atoms with Crippen molar-refractivity contribution in [2.24, 2.45) is 0 Å². The van der Waals surface area contributed by atoms with Crippen LogP contribution in [0.5, 0.6) is 5.75 Å². The van der Waals surface area contributed by atoms with Crippen molar-refractivity contribution >= 4 is 23.1 Å². The molecule has 2 aromatic carbocycles. The van der Waals surface area contributed by atoms with Crippen LogP contribution in [0, 0.1) is 18.3 Å². The summed E-state index contributed by atoms with van der Waals surface area (Å²) in [5, 5.41) is 15.4. The topological polar surface area (TPSA) is 82.9 Å². The van der Waals surface area contributed by atoms with E-state index in [-0.39, 0.29) is 0 Å². The normalized spacial score (nSPS) is 9.96. The Balaban J connectivity index is 1.86. The molecule has 25 heavy (non-hydrogen) atoms. The third-order valence-corrected chi connectivity index (χ3v) is 3.47. The average molecular weight is 331 g/mol. The molecule has 3 aromatic rings. The van der Waals surface area contributed by atoms with Crippen molar-refractivity contribution in [3.63, 3.8) is 0 Å². The Hall–Kier alpha value is -3.59. The molecular formula is C19H17N5O. The number of nitrogens with one attached hydrogen (secondary N) is 2. The molecular weight excluding hydrogens is 314 g/mol. The number of anilines is 4. The molecule has 0 fully saturated rings. The van der Waals surface area contributed by atoms with E-state index >= 15 is 0 Å². The number of ether oxygens (including phenoxy) is 1. The van der Waals surface area contributed by atoms with Crippen LogP contribution >= 0.6 is 0 Å². The molecule has 1 aromatic heterocycles. The monoisotopic (exact) mass is 331 g/mol. The highest BCUT2D eigenvalue weighted by molar-refractivity contribution is 5.65. The van der Waals surface area contributed by atoms with E-state index in [2.05, 4.69) is 26.7 Å². The molecule has 0 aliphatic rings. The fourth-order valence-electron chi connectivity index (χ4n) is 2.37. The Labute approximate surface area is 146 Å². The minimum Gasteiger partial charge on any atom is -0.495 e. The van der Waals surface area contributed by atoms with E-state index in [0.29, 0.717) is 17.3 Å². The number of benzene rings is 2. The van der Waals surface area contributed by atoms with E-state index in [9.17, 15) is 0 Å². The van der Waals surface area contributed by atoms with Gasteiger partial charge in [-0.3, -0.25) is 0 Å². The second kappa shape index (κ2) is 7.32. The summed E-state index contributed by atoms with van der Waals surface area (Å²) in [6, 6.07) is 18.8. The van der Waals surface area contributed by atoms with Gasteiger partial charge in [0.2, 0.25) is 5.95 Å². The number of aromatic nitrogens is 2. The van der Waals surface area contributed by atoms with Crippen molar-refractivity contribution < 1.29 is 4.74 Å². The van der Waals surface area contributed by atoms with E-state index in [1.54, 1.807) is 19.2 Å². The summed E-state index contributed by atoms with van der Waals surface area (Å²) in [5.41, 5.74) is 2.96. The van der Waals surface area contributed by atoms with Crippen LogP contribution < -0.4 is 15.4 Å². The number of aryl methyl sites for hydroxylation is 1. The summed E-state index contributed by atoms with van der Waals surface area (Å²) in [6.45, 7) is 1.89. The van der Waals surface area contributed by atoms with E-state index in [4.69, 9.17) is 10.00 Å². The molecule has 1 heterocycles. The fourth-order valence-corrected chi connectivity index (χ4v) is 2.37. The molecule has 0 aliphatic carbocycles. The van der Waals surface area contributed by atoms with Gasteiger partial charge in [0.05, 0.1) is 24.4 Å². The summed E-state index contributed by atoms with van der Waals surface area (Å²) < 4.78 is 5.35. The van der Waals surface area contributed by atoms with Gasteiger partial charge in [-0.25, -0.2) is 4.98 Å². The summed E-state index contributed by atoms with van der Waals surface area (Å²) in [4.78, 5) is 8.88. The number of nitriles is 1. The lowest BCUT2D eigenvalue weighted by Gasteiger charge is -2.12. The van der Waals surface area contributed by atoms with Crippen LogP contribution in [0.1, 0.15) is 11.3 Å². The number of hydrogen-bond donors (Lipinski definition) is 2. The highest BCUT2D eigenvalue weighted by atomic mass is 16.5. The van der Waals surface area contributed by atoms with Crippen molar-refractivity contribution in [1.29, 1.82) is 5.26 Å². The third kappa shape index (κ3) is 4.03. The van der Waals surface area contributed by atoms with Gasteiger partial charge in [0, 0.05) is 17.4 Å². The van der Waals surface area contributed by atoms with Crippen LogP contribution in [0.2, 0.25) is 0 Å². The molecule has 0 unspecified atom stereocenters. The smallest absolute Gasteiger partial charge is 0.229 e. The lowest BCUT2D eigenvalue weighted by molar-refractivity contribution is 0.417. The molecule has 0 bridgehead atoms. The maximum absolute atomic E-state index is 9.00. The number of rotatable bonds is 5. The van der Waals surface area contributed by atoms with Crippen molar-refractivity contribution in [3.05, 3.63) is 65.9 Å². The van der Waals surface area contributed by atoms with Crippen molar-refractivity contribution in [3.8, 4) is 11.8 Å². The Bertz CT molecular complexity index is 933. The Kier molecular flexibility index (Phi) is 4.77. The first-order valence-electron chi connectivity index (χ1n) is 7.71. The van der Waals surface area contributed by atoms with Gasteiger partial charge < -0.3 is 15.4 Å². The Morgan fingerprint density at radius 1 is 1.00 bits per heavy atom. The molecule has 124 valence electrons. The van der Waals surface area contributed by atoms with Gasteiger partial charge >= 0.3 is 0 Å². The van der Waals surface area contributed by atoms with Gasteiger partial charge in [0.1, 0.15) is 11.6 Å². The quantitative estimate of drug-likeness (QED) is 0.730. The molecule has 0 atom stereocenters. The maximum atomic E-state index is 9.00. The number of nitrogens with zero attached hydrogens (tertiary/aromatic N) is 3. The van der Waals surface area contributed by atoms with Gasteiger partial charge in [-0.1, -0.05) is 18.2 Å². The Morgan fingerprint density at radius 3 is 2.64 bits per heavy atom. The zero-order chi connectivity index (χ0) is 17.6. The molecule has 6 heteroatoms. The molecule has 0 radical (unpaired) electrons. The zero-order valence-corrected chi connectivity index (χ0v) is 13.9. The molecule has 2 N–H and O–H groups in total. The summed E-state index contributed by atoms with van der Waals surface area (Å²) in [5.74, 6) is 1.83. The molecule has 0 spiro atoms. The highest BCUT2D eigenvalue weighted by Gasteiger charge is 2.07. The number of para-hydroxylation sites is 2. The van der Waals surface area contributed by atoms with Crippen molar-refractivity contribution in [2.75, 3.05) is 17.7 Å². The first-order chi connectivity index (χ1) is 12.2. The van der Waals surface area contributed by atoms with Crippen LogP contribution in [0.3, 0.4) is 0 Å². The predicted octanol–water partition coefficient (Wildman–Crippen LogP) is 4.15. The SMILES string of the molecule is COc1ccccc1Nc1cc(C)nc(Nc2cccc(C#N)c2)n1. The van der Waals surface area contributed by atoms with Gasteiger partial charge in [0.15, 0.2) is 0 Å². The molecule has 0 saturated heterocycles. The molecule has 3 rings (SSSR count). The largest absolute Gasteiger partial charge is 0.495 e. The molecule has 0 aliphatic heterocycles. The van der Waals surface area contributed by atoms with Gasteiger partial charge in [-0.15, -0.1) is 0 Å². The van der Waals surface area contributed by atoms with E-state index in [1.807, 2.05) is 49.4 Å². The third-order valence-electron chi connectivity index (χ3n) is 3.47. The molecule has 0 saturated carbocycles. The second-order valence-electron chi connectivity index (χ2n) is 5.36. The van der Waals surface area contributed by atoms with Gasteiger partial charge in [0.25, 0.3) is 0 Å². The van der Waals surface area contributed by atoms with Crippen LogP contribution in [0.15, 0.2) is 54.6 Å². The van der Waals surface area contributed by atoms with Crippen LogP contribution in [-0.2, 0) is 0 Å². The first kappa shape index (κ1) is 16.3. The fraction of sp³-hybridized carbons (Fsp3) is 0.105. The highest BCUT2D eigenvalue weighted by Crippen LogP contribution is 2.27. The zero-order valence-electron chi connectivity index (χ0n) is 13.9. The summed E-state index contributed by atoms with van der Waals surface area (Å²) >= 11 is 0. The van der Waals surface area contributed by atoms with Gasteiger partial charge in [-0.05, 0) is 37.3 Å². The Morgan fingerprint density at radius 2 is 1.84 bits per heavy atom. The van der Waals surface area contributed by atoms with E-state index in [1.165, 1.54) is 0 Å². The van der Waals surface area contributed by atoms with Gasteiger partial charge in [-0.2, -0.15) is 10.2 Å². The van der Waals surface area contributed by atoms with E-state index < -0.39 is 0 Å². The number of hydrogen-bond acceptors (Lipinski definition) is 6. The lowest BCUT2D eigenvalue weighted by atomic mass is 10.2. The summed E-state index contributed by atoms with van der Waals surface area (Å²) in [6.07, 6.45) is 0. The number of methoxy groups -OCH3 is 1. The van der Waals surface area contributed by atoms with Crippen LogP contribution in [-0.4, -0.2) is 17.1 Å². The average Bonchev–Trinajstić information content (AvgIpc) is 2.62. The van der Waals surface area contributed by atoms with Crippen molar-refractivity contribution in [1.82, 2.24) is 9.97 Å². The van der Waals surface area contributed by atoms with Crippen LogP contribution in [0.4, 0.5) is 23.1 Å². The summed E-state index contributed by atoms with van der Waals surface area (Å²) in [7, 11) is 1.63. The lowest BCUT2D eigenvalue weighted by Crippen LogP contribution is -2.03. The minimum atomic E-state index is 0.451. The van der Waals surface area contributed by atoms with Crippen molar-refractivity contribution in [2.45, 2.75) is 6.92 Å². The first-order valence-corrected chi connectivity index (χ1v) is 7.71. The molecule has 0 amide bonds. The second-order valence-corrected chi connectivity index (χ2v) is 5.36.